The van der Waals surface area contributed by atoms with E-state index >= 15 is 0 Å². The third-order valence-corrected chi connectivity index (χ3v) is 9.17. The predicted octanol–water partition coefficient (Wildman–Crippen LogP) is 5.13. The fraction of sp³-hybridized carbons (Fsp3) is 1.00. The first kappa shape index (κ1) is 24.1. The molecule has 0 spiro atoms. The van der Waals surface area contributed by atoms with Gasteiger partial charge >= 0.3 is 0 Å². The second-order valence-corrected chi connectivity index (χ2v) is 11.7. The number of aliphatic hydroxyl groups excluding tert-OH is 1. The highest BCUT2D eigenvalue weighted by atomic mass is 35.5. The number of aliphatic hydroxyl groups is 1. The molecule has 0 bridgehead atoms. The van der Waals surface area contributed by atoms with Crippen LogP contribution in [0.15, 0.2) is 0 Å². The van der Waals surface area contributed by atoms with Crippen LogP contribution >= 0.6 is 23.2 Å². The van der Waals surface area contributed by atoms with Crippen molar-refractivity contribution in [1.82, 2.24) is 10.2 Å². The van der Waals surface area contributed by atoms with E-state index in [9.17, 15) is 5.11 Å². The van der Waals surface area contributed by atoms with Crippen molar-refractivity contribution < 1.29 is 5.11 Å². The Hall–Kier alpha value is 0.460. The summed E-state index contributed by atoms with van der Waals surface area (Å²) in [5.74, 6) is 3.45. The van der Waals surface area contributed by atoms with Gasteiger partial charge in [0.2, 0.25) is 0 Å². The lowest BCUT2D eigenvalue weighted by Gasteiger charge is -2.40. The molecule has 1 heterocycles. The first-order valence-electron chi connectivity index (χ1n) is 12.3. The molecule has 1 aliphatic heterocycles. The average molecular weight is 448 g/mol. The number of likely N-dealkylation sites (tertiary alicyclic amines) is 1. The summed E-state index contributed by atoms with van der Waals surface area (Å²) in [6.07, 6.45) is 11.2. The van der Waals surface area contributed by atoms with Crippen molar-refractivity contribution in [3.05, 3.63) is 0 Å². The van der Waals surface area contributed by atoms with Crippen LogP contribution in [0.2, 0.25) is 0 Å². The summed E-state index contributed by atoms with van der Waals surface area (Å²) in [6, 6.07) is 0.555. The van der Waals surface area contributed by atoms with Crippen LogP contribution in [0.3, 0.4) is 0 Å². The van der Waals surface area contributed by atoms with Gasteiger partial charge in [-0.05, 0) is 107 Å². The van der Waals surface area contributed by atoms with Crippen LogP contribution in [-0.4, -0.2) is 59.6 Å². The fourth-order valence-electron chi connectivity index (χ4n) is 5.96. The number of nitrogens with zero attached hydrogens (tertiary/aromatic N) is 1. The number of alkyl halides is 2. The van der Waals surface area contributed by atoms with E-state index in [0.29, 0.717) is 23.3 Å². The van der Waals surface area contributed by atoms with Gasteiger partial charge < -0.3 is 15.3 Å². The van der Waals surface area contributed by atoms with E-state index in [4.69, 9.17) is 23.2 Å². The second kappa shape index (κ2) is 11.9. The van der Waals surface area contributed by atoms with Gasteiger partial charge in [-0.15, -0.1) is 23.2 Å². The molecule has 0 amide bonds. The van der Waals surface area contributed by atoms with E-state index < -0.39 is 0 Å². The molecule has 0 aromatic carbocycles. The molecule has 1 saturated heterocycles. The van der Waals surface area contributed by atoms with Crippen molar-refractivity contribution in [3.8, 4) is 0 Å². The Morgan fingerprint density at radius 3 is 2.21 bits per heavy atom. The van der Waals surface area contributed by atoms with E-state index in [-0.39, 0.29) is 17.9 Å². The normalized spacial score (nSPS) is 36.4. The zero-order chi connectivity index (χ0) is 20.8. The van der Waals surface area contributed by atoms with Crippen LogP contribution in [0, 0.1) is 29.6 Å². The molecule has 3 unspecified atom stereocenters. The Balaban J connectivity index is 1.39. The quantitative estimate of drug-likeness (QED) is 0.507. The summed E-state index contributed by atoms with van der Waals surface area (Å²) in [6.45, 7) is 9.71. The summed E-state index contributed by atoms with van der Waals surface area (Å²) in [4.78, 5) is 2.70. The molecule has 3 nitrogen and oxygen atoms in total. The van der Waals surface area contributed by atoms with Crippen LogP contribution < -0.4 is 5.32 Å². The Morgan fingerprint density at radius 1 is 0.931 bits per heavy atom. The minimum Gasteiger partial charge on any atom is -0.396 e. The minimum atomic E-state index is 0.165. The average Bonchev–Trinajstić information content (AvgIpc) is 2.73. The van der Waals surface area contributed by atoms with Gasteiger partial charge in [0.15, 0.2) is 0 Å². The van der Waals surface area contributed by atoms with Crippen molar-refractivity contribution >= 4 is 23.2 Å². The SMILES string of the molecule is CC(C)[C@H](CN1CCC(C2CCC(Cl)CC2)CC1)NCC1CCC(Cl)C(CO)C1. The number of hydrogen-bond acceptors (Lipinski definition) is 3. The molecule has 5 heteroatoms. The fourth-order valence-corrected chi connectivity index (χ4v) is 6.52. The van der Waals surface area contributed by atoms with Crippen molar-refractivity contribution in [3.63, 3.8) is 0 Å². The molecule has 2 saturated carbocycles. The van der Waals surface area contributed by atoms with Crippen LogP contribution in [0.25, 0.3) is 0 Å². The maximum Gasteiger partial charge on any atom is 0.0473 e. The number of piperidine rings is 1. The molecule has 0 radical (unpaired) electrons. The van der Waals surface area contributed by atoms with Gasteiger partial charge in [-0.1, -0.05) is 13.8 Å². The second-order valence-electron chi connectivity index (χ2n) is 10.5. The maximum atomic E-state index is 9.57. The highest BCUT2D eigenvalue weighted by molar-refractivity contribution is 6.21. The number of rotatable bonds is 8. The van der Waals surface area contributed by atoms with E-state index in [0.717, 1.165) is 31.2 Å². The monoisotopic (exact) mass is 446 g/mol. The van der Waals surface area contributed by atoms with Crippen molar-refractivity contribution in [2.45, 2.75) is 88.4 Å². The van der Waals surface area contributed by atoms with Crippen LogP contribution in [0.5, 0.6) is 0 Å². The van der Waals surface area contributed by atoms with E-state index in [1.807, 2.05) is 0 Å². The van der Waals surface area contributed by atoms with E-state index in [2.05, 4.69) is 24.1 Å². The first-order valence-corrected chi connectivity index (χ1v) is 13.2. The number of nitrogens with one attached hydrogen (secondary N) is 1. The van der Waals surface area contributed by atoms with Gasteiger partial charge in [0.05, 0.1) is 0 Å². The van der Waals surface area contributed by atoms with E-state index in [1.54, 1.807) is 0 Å². The number of hydrogen-bond donors (Lipinski definition) is 2. The third kappa shape index (κ3) is 7.24. The van der Waals surface area contributed by atoms with Crippen LogP contribution in [-0.2, 0) is 0 Å². The summed E-state index contributed by atoms with van der Waals surface area (Å²) in [7, 11) is 0. The van der Waals surface area contributed by atoms with Gasteiger partial charge in [-0.25, -0.2) is 0 Å². The first-order chi connectivity index (χ1) is 14.0. The molecule has 0 aromatic rings. The van der Waals surface area contributed by atoms with Gasteiger partial charge in [0.25, 0.3) is 0 Å². The van der Waals surface area contributed by atoms with Crippen molar-refractivity contribution in [1.29, 1.82) is 0 Å². The molecular formula is C24H44Cl2N2O. The zero-order valence-electron chi connectivity index (χ0n) is 18.7. The Kier molecular flexibility index (Phi) is 9.90. The molecule has 4 atom stereocenters. The number of halogens is 2. The Morgan fingerprint density at radius 2 is 1.59 bits per heavy atom. The van der Waals surface area contributed by atoms with Gasteiger partial charge in [0.1, 0.15) is 0 Å². The van der Waals surface area contributed by atoms with Crippen LogP contribution in [0.4, 0.5) is 0 Å². The van der Waals surface area contributed by atoms with Crippen molar-refractivity contribution in [2.75, 3.05) is 32.8 Å². The molecule has 0 aromatic heterocycles. The van der Waals surface area contributed by atoms with Gasteiger partial charge in [-0.2, -0.15) is 0 Å². The molecule has 2 N–H and O–H groups in total. The highest BCUT2D eigenvalue weighted by Crippen LogP contribution is 2.37. The molecule has 29 heavy (non-hydrogen) atoms. The summed E-state index contributed by atoms with van der Waals surface area (Å²) in [5, 5.41) is 14.1. The maximum absolute atomic E-state index is 9.57. The minimum absolute atomic E-state index is 0.165. The molecule has 3 fully saturated rings. The van der Waals surface area contributed by atoms with E-state index in [1.165, 1.54) is 64.6 Å². The lowest BCUT2D eigenvalue weighted by molar-refractivity contribution is 0.110. The topological polar surface area (TPSA) is 35.5 Å². The molecule has 3 aliphatic rings. The molecular weight excluding hydrogens is 403 g/mol. The van der Waals surface area contributed by atoms with Crippen LogP contribution in [0.1, 0.15) is 71.6 Å². The smallest absolute Gasteiger partial charge is 0.0473 e. The summed E-state index contributed by atoms with van der Waals surface area (Å²) >= 11 is 12.7. The molecule has 2 aliphatic carbocycles. The largest absolute Gasteiger partial charge is 0.396 e. The predicted molar refractivity (Wildman–Crippen MR) is 125 cm³/mol. The Bertz CT molecular complexity index is 462. The zero-order valence-corrected chi connectivity index (χ0v) is 20.2. The lowest BCUT2D eigenvalue weighted by atomic mass is 9.75. The third-order valence-electron chi connectivity index (χ3n) is 8.16. The van der Waals surface area contributed by atoms with Gasteiger partial charge in [-0.3, -0.25) is 0 Å². The van der Waals surface area contributed by atoms with Crippen molar-refractivity contribution in [2.24, 2.45) is 29.6 Å². The summed E-state index contributed by atoms with van der Waals surface area (Å²) < 4.78 is 0. The molecule has 3 rings (SSSR count). The Labute approximate surface area is 189 Å². The summed E-state index contributed by atoms with van der Waals surface area (Å²) in [5.41, 5.74) is 0. The standard InChI is InChI=1S/C24H44Cl2N2O/c1-17(2)24(27-14-18-3-8-23(26)21(13-18)16-29)15-28-11-9-20(10-12-28)19-4-6-22(25)7-5-19/h17-24,27,29H,3-16H2,1-2H3/t18?,19?,21?,22?,23?,24-/m0/s1. The molecule has 170 valence electrons. The van der Waals surface area contributed by atoms with Gasteiger partial charge in [0, 0.05) is 29.9 Å². The highest BCUT2D eigenvalue weighted by Gasteiger charge is 2.32. The lowest BCUT2D eigenvalue weighted by Crippen LogP contribution is -2.49.